The van der Waals surface area contributed by atoms with E-state index in [9.17, 15) is 0 Å². The molecule has 0 amide bonds. The van der Waals surface area contributed by atoms with E-state index in [4.69, 9.17) is 0 Å². The zero-order chi connectivity index (χ0) is 14.0. The average Bonchev–Trinajstić information content (AvgIpc) is 3.23. The molecule has 4 rings (SSSR count). The first-order chi connectivity index (χ1) is 9.65. The van der Waals surface area contributed by atoms with Crippen LogP contribution in [0, 0.1) is 23.2 Å². The molecule has 0 nitrogen and oxygen atoms in total. The lowest BCUT2D eigenvalue weighted by Gasteiger charge is -2.24. The highest BCUT2D eigenvalue weighted by molar-refractivity contribution is 5.77. The fraction of sp³-hybridized carbons (Fsp3) is 0.300. The Hall–Kier alpha value is -1.56. The van der Waals surface area contributed by atoms with Crippen molar-refractivity contribution in [2.24, 2.45) is 11.3 Å². The summed E-state index contributed by atoms with van der Waals surface area (Å²) in [6, 6.07) is 22.0. The maximum atomic E-state index is 2.44. The summed E-state index contributed by atoms with van der Waals surface area (Å²) in [5.41, 5.74) is 3.56. The van der Waals surface area contributed by atoms with Crippen LogP contribution in [0.2, 0.25) is 0 Å². The smallest absolute Gasteiger partial charge is 0.0236 e. The zero-order valence-corrected chi connectivity index (χ0v) is 12.4. The second kappa shape index (κ2) is 3.75. The Labute approximate surface area is 121 Å². The molecule has 0 aliphatic heterocycles. The zero-order valence-electron chi connectivity index (χ0n) is 12.4. The van der Waals surface area contributed by atoms with E-state index in [0.717, 1.165) is 0 Å². The molecule has 2 aromatic rings. The monoisotopic (exact) mass is 260 g/mol. The molecule has 2 aromatic carbocycles. The molecule has 2 aliphatic rings. The Kier molecular flexibility index (Phi) is 2.29. The predicted octanol–water partition coefficient (Wildman–Crippen LogP) is 4.81. The van der Waals surface area contributed by atoms with Gasteiger partial charge in [0.15, 0.2) is 0 Å². The van der Waals surface area contributed by atoms with Crippen LogP contribution in [0.1, 0.15) is 31.9 Å². The van der Waals surface area contributed by atoms with Gasteiger partial charge in [0.05, 0.1) is 0 Å². The van der Waals surface area contributed by atoms with E-state index in [-0.39, 0.29) is 5.41 Å². The average molecular weight is 260 g/mol. The molecule has 100 valence electrons. The molecule has 2 saturated carbocycles. The molecular formula is C20H20. The van der Waals surface area contributed by atoms with E-state index in [0.29, 0.717) is 11.3 Å². The third kappa shape index (κ3) is 1.19. The van der Waals surface area contributed by atoms with Crippen molar-refractivity contribution in [3.8, 4) is 0 Å². The fourth-order valence-electron chi connectivity index (χ4n) is 4.86. The van der Waals surface area contributed by atoms with E-state index in [2.05, 4.69) is 81.4 Å². The number of benzene rings is 2. The molecule has 0 aromatic heterocycles. The van der Waals surface area contributed by atoms with Crippen LogP contribution < -0.4 is 0 Å². The van der Waals surface area contributed by atoms with Gasteiger partial charge in [-0.1, -0.05) is 81.4 Å². The molecule has 20 heavy (non-hydrogen) atoms. The molecule has 3 unspecified atom stereocenters. The molecule has 0 heteroatoms. The Bertz CT molecular complexity index is 628. The summed E-state index contributed by atoms with van der Waals surface area (Å²) in [7, 11) is 0. The quantitative estimate of drug-likeness (QED) is 0.743. The number of hydrogen-bond donors (Lipinski definition) is 0. The summed E-state index contributed by atoms with van der Waals surface area (Å²) >= 11 is 0. The third-order valence-electron chi connectivity index (χ3n) is 5.47. The van der Waals surface area contributed by atoms with E-state index >= 15 is 0 Å². The van der Waals surface area contributed by atoms with Crippen LogP contribution in [0.3, 0.4) is 0 Å². The maximum Gasteiger partial charge on any atom is 0.0236 e. The lowest BCUT2D eigenvalue weighted by atomic mass is 9.79. The minimum atomic E-state index is 0.286. The third-order valence-corrected chi connectivity index (χ3v) is 5.47. The molecule has 2 fully saturated rings. The summed E-state index contributed by atoms with van der Waals surface area (Å²) in [5, 5.41) is 0. The Morgan fingerprint density at radius 3 is 1.95 bits per heavy atom. The van der Waals surface area contributed by atoms with Crippen molar-refractivity contribution in [1.29, 1.82) is 0 Å². The molecule has 0 bridgehead atoms. The van der Waals surface area contributed by atoms with E-state index in [1.807, 2.05) is 0 Å². The van der Waals surface area contributed by atoms with Gasteiger partial charge in [-0.25, -0.2) is 0 Å². The Morgan fingerprint density at radius 2 is 1.40 bits per heavy atom. The molecule has 0 N–H and O–H groups in total. The van der Waals surface area contributed by atoms with Crippen molar-refractivity contribution in [2.45, 2.75) is 26.2 Å². The van der Waals surface area contributed by atoms with Gasteiger partial charge in [-0.2, -0.15) is 0 Å². The highest BCUT2D eigenvalue weighted by Gasteiger charge is 2.96. The largest absolute Gasteiger partial charge is 0.0622 e. The highest BCUT2D eigenvalue weighted by Crippen LogP contribution is 2.97. The van der Waals surface area contributed by atoms with Crippen LogP contribution in [-0.2, 0) is 5.41 Å². The molecule has 2 radical (unpaired) electrons. The summed E-state index contributed by atoms with van der Waals surface area (Å²) in [6.45, 7) is 7.02. The van der Waals surface area contributed by atoms with Gasteiger partial charge in [-0.3, -0.25) is 0 Å². The topological polar surface area (TPSA) is 0 Å². The van der Waals surface area contributed by atoms with Crippen molar-refractivity contribution in [1.82, 2.24) is 0 Å². The van der Waals surface area contributed by atoms with Gasteiger partial charge in [-0.05, 0) is 28.4 Å². The second-order valence-electron chi connectivity index (χ2n) is 6.63. The first kappa shape index (κ1) is 12.2. The lowest BCUT2D eigenvalue weighted by Crippen LogP contribution is -2.18. The molecule has 2 aliphatic carbocycles. The first-order valence-electron chi connectivity index (χ1n) is 7.44. The molecule has 3 atom stereocenters. The lowest BCUT2D eigenvalue weighted by molar-refractivity contribution is 0.559. The van der Waals surface area contributed by atoms with Crippen molar-refractivity contribution in [3.05, 3.63) is 83.6 Å². The van der Waals surface area contributed by atoms with Crippen molar-refractivity contribution in [2.75, 3.05) is 0 Å². The van der Waals surface area contributed by atoms with Crippen LogP contribution in [0.5, 0.6) is 0 Å². The summed E-state index contributed by atoms with van der Waals surface area (Å²) in [6.07, 6.45) is 0. The Morgan fingerprint density at radius 1 is 0.850 bits per heavy atom. The van der Waals surface area contributed by atoms with Crippen LogP contribution in [0.4, 0.5) is 0 Å². The van der Waals surface area contributed by atoms with Gasteiger partial charge < -0.3 is 0 Å². The first-order valence-corrected chi connectivity index (χ1v) is 7.44. The molecular weight excluding hydrogens is 240 g/mol. The standard InChI is InChI=1S/C20H20/c1-14(2)17-19(3)18(15-10-6-4-7-11-15)20(17,19)16-12-8-5-9-13-16/h4-13,17H,1-3H3. The van der Waals surface area contributed by atoms with Gasteiger partial charge in [-0.15, -0.1) is 0 Å². The minimum absolute atomic E-state index is 0.286. The Balaban J connectivity index is 1.80. The van der Waals surface area contributed by atoms with Crippen molar-refractivity contribution >= 4 is 0 Å². The van der Waals surface area contributed by atoms with Crippen LogP contribution >= 0.6 is 0 Å². The van der Waals surface area contributed by atoms with Gasteiger partial charge in [0.2, 0.25) is 0 Å². The van der Waals surface area contributed by atoms with E-state index in [1.165, 1.54) is 11.1 Å². The van der Waals surface area contributed by atoms with Gasteiger partial charge in [0.25, 0.3) is 0 Å². The van der Waals surface area contributed by atoms with Gasteiger partial charge in [0.1, 0.15) is 0 Å². The van der Waals surface area contributed by atoms with Crippen molar-refractivity contribution in [3.63, 3.8) is 0 Å². The highest BCUT2D eigenvalue weighted by atomic mass is 15.0. The fourth-order valence-corrected chi connectivity index (χ4v) is 4.86. The predicted molar refractivity (Wildman–Crippen MR) is 83.1 cm³/mol. The molecule has 0 heterocycles. The normalized spacial score (nSPS) is 34.9. The van der Waals surface area contributed by atoms with Crippen molar-refractivity contribution < 1.29 is 0 Å². The summed E-state index contributed by atoms with van der Waals surface area (Å²) in [4.78, 5) is 0. The van der Waals surface area contributed by atoms with E-state index < -0.39 is 0 Å². The summed E-state index contributed by atoms with van der Waals surface area (Å²) < 4.78 is 0. The van der Waals surface area contributed by atoms with Crippen LogP contribution in [-0.4, -0.2) is 0 Å². The number of rotatable bonds is 3. The van der Waals surface area contributed by atoms with Crippen LogP contribution in [0.15, 0.2) is 60.7 Å². The summed E-state index contributed by atoms with van der Waals surface area (Å²) in [5.74, 6) is 3.92. The van der Waals surface area contributed by atoms with Gasteiger partial charge >= 0.3 is 0 Å². The van der Waals surface area contributed by atoms with Crippen LogP contribution in [0.25, 0.3) is 0 Å². The SMILES string of the molecule is C[C](C)C1C2(C)[C](c3ccccc3)C12c1ccccc1. The minimum Gasteiger partial charge on any atom is -0.0622 e. The maximum absolute atomic E-state index is 2.44. The number of fused-ring (bicyclic) bond motifs is 1. The second-order valence-corrected chi connectivity index (χ2v) is 6.63. The number of hydrogen-bond acceptors (Lipinski definition) is 0. The molecule has 0 saturated heterocycles. The molecule has 0 spiro atoms. The van der Waals surface area contributed by atoms with E-state index in [1.54, 1.807) is 11.8 Å². The van der Waals surface area contributed by atoms with Gasteiger partial charge in [0, 0.05) is 11.3 Å².